The minimum absolute atomic E-state index is 0.00333. The lowest BCUT2D eigenvalue weighted by Gasteiger charge is -2.31. The molecule has 0 saturated heterocycles. The lowest BCUT2D eigenvalue weighted by Crippen LogP contribution is -2.46. The Morgan fingerprint density at radius 2 is 1.88 bits per heavy atom. The molecule has 0 aliphatic rings. The number of likely N-dealkylation sites (N-methyl/N-ethyl adjacent to an activating group) is 1. The third-order valence-corrected chi connectivity index (χ3v) is 4.48. The maximum atomic E-state index is 13.4. The van der Waals surface area contributed by atoms with Gasteiger partial charge < -0.3 is 5.32 Å². The SMILES string of the molecule is CCN(CC)C(CNC(=O)C(=O)Cc1ccc(Cl)c(F)c1)CC(C)C. The molecule has 0 bridgehead atoms. The highest BCUT2D eigenvalue weighted by Crippen LogP contribution is 2.16. The summed E-state index contributed by atoms with van der Waals surface area (Å²) in [5.74, 6) is -1.30. The topological polar surface area (TPSA) is 49.4 Å². The number of rotatable bonds is 10. The van der Waals surface area contributed by atoms with E-state index in [1.807, 2.05) is 0 Å². The van der Waals surface area contributed by atoms with E-state index in [1.54, 1.807) is 6.07 Å². The van der Waals surface area contributed by atoms with Gasteiger partial charge in [-0.3, -0.25) is 14.5 Å². The van der Waals surface area contributed by atoms with Gasteiger partial charge in [-0.2, -0.15) is 0 Å². The van der Waals surface area contributed by atoms with Crippen molar-refractivity contribution in [2.45, 2.75) is 46.6 Å². The highest BCUT2D eigenvalue weighted by Gasteiger charge is 2.20. The van der Waals surface area contributed by atoms with Crippen LogP contribution in [0.15, 0.2) is 18.2 Å². The highest BCUT2D eigenvalue weighted by molar-refractivity contribution is 6.36. The summed E-state index contributed by atoms with van der Waals surface area (Å²) in [7, 11) is 0. The first-order valence-corrected chi connectivity index (χ1v) is 9.15. The highest BCUT2D eigenvalue weighted by atomic mass is 35.5. The summed E-state index contributed by atoms with van der Waals surface area (Å²) in [6.07, 6.45) is 0.804. The Bertz CT molecular complexity index is 589. The molecule has 1 rings (SSSR count). The molecule has 140 valence electrons. The standard InChI is InChI=1S/C19H28ClFN2O2/c1-5-23(6-2)15(9-13(3)4)12-22-19(25)18(24)11-14-7-8-16(20)17(21)10-14/h7-8,10,13,15H,5-6,9,11-12H2,1-4H3,(H,22,25). The number of hydrogen-bond acceptors (Lipinski definition) is 3. The van der Waals surface area contributed by atoms with Crippen LogP contribution in [0.5, 0.6) is 0 Å². The zero-order chi connectivity index (χ0) is 19.0. The van der Waals surface area contributed by atoms with Gasteiger partial charge >= 0.3 is 0 Å². The van der Waals surface area contributed by atoms with Crippen LogP contribution in [0.1, 0.15) is 39.7 Å². The monoisotopic (exact) mass is 370 g/mol. The summed E-state index contributed by atoms with van der Waals surface area (Å²) >= 11 is 5.62. The number of amides is 1. The molecule has 0 heterocycles. The van der Waals surface area contributed by atoms with Gasteiger partial charge in [0.1, 0.15) is 5.82 Å². The van der Waals surface area contributed by atoms with Crippen LogP contribution in [0.25, 0.3) is 0 Å². The molecule has 0 aliphatic heterocycles. The average Bonchev–Trinajstić information content (AvgIpc) is 2.56. The van der Waals surface area contributed by atoms with Gasteiger partial charge in [0.2, 0.25) is 5.78 Å². The van der Waals surface area contributed by atoms with E-state index in [0.29, 0.717) is 18.0 Å². The smallest absolute Gasteiger partial charge is 0.287 e. The number of benzene rings is 1. The maximum absolute atomic E-state index is 13.4. The zero-order valence-electron chi connectivity index (χ0n) is 15.4. The van der Waals surface area contributed by atoms with Crippen molar-refractivity contribution >= 4 is 23.3 Å². The minimum atomic E-state index is -0.628. The second-order valence-electron chi connectivity index (χ2n) is 6.56. The number of carbonyl (C=O) groups excluding carboxylic acids is 2. The van der Waals surface area contributed by atoms with Crippen LogP contribution in [-0.4, -0.2) is 42.3 Å². The van der Waals surface area contributed by atoms with Crippen LogP contribution in [-0.2, 0) is 16.0 Å². The molecule has 6 heteroatoms. The molecule has 1 aromatic rings. The van der Waals surface area contributed by atoms with Crippen molar-refractivity contribution in [2.24, 2.45) is 5.92 Å². The molecule has 25 heavy (non-hydrogen) atoms. The molecule has 0 spiro atoms. The van der Waals surface area contributed by atoms with Crippen LogP contribution in [0.4, 0.5) is 4.39 Å². The number of halogens is 2. The normalized spacial score (nSPS) is 12.5. The first-order chi connectivity index (χ1) is 11.8. The Morgan fingerprint density at radius 3 is 2.40 bits per heavy atom. The molecule has 0 saturated carbocycles. The van der Waals surface area contributed by atoms with E-state index in [1.165, 1.54) is 12.1 Å². The fourth-order valence-corrected chi connectivity index (χ4v) is 2.99. The third kappa shape index (κ3) is 7.12. The van der Waals surface area contributed by atoms with Crippen molar-refractivity contribution in [1.29, 1.82) is 0 Å². The number of ketones is 1. The van der Waals surface area contributed by atoms with E-state index >= 15 is 0 Å². The molecule has 1 N–H and O–H groups in total. The number of carbonyl (C=O) groups is 2. The van der Waals surface area contributed by atoms with Crippen molar-refractivity contribution in [3.8, 4) is 0 Å². The Labute approximate surface area is 154 Å². The van der Waals surface area contributed by atoms with Gasteiger partial charge in [-0.05, 0) is 43.1 Å². The van der Waals surface area contributed by atoms with Crippen LogP contribution < -0.4 is 5.32 Å². The second-order valence-corrected chi connectivity index (χ2v) is 6.97. The molecule has 4 nitrogen and oxygen atoms in total. The summed E-state index contributed by atoms with van der Waals surface area (Å²) < 4.78 is 13.4. The van der Waals surface area contributed by atoms with Gasteiger partial charge in [0.15, 0.2) is 0 Å². The average molecular weight is 371 g/mol. The molecule has 1 unspecified atom stereocenters. The quantitative estimate of drug-likeness (QED) is 0.641. The second kappa shape index (κ2) is 10.5. The molecule has 1 amide bonds. The Kier molecular flexibility index (Phi) is 9.08. The van der Waals surface area contributed by atoms with Gasteiger partial charge in [0, 0.05) is 19.0 Å². The minimum Gasteiger partial charge on any atom is -0.348 e. The van der Waals surface area contributed by atoms with Crippen molar-refractivity contribution in [3.05, 3.63) is 34.6 Å². The number of nitrogens with one attached hydrogen (secondary N) is 1. The van der Waals surface area contributed by atoms with Gasteiger partial charge in [-0.15, -0.1) is 0 Å². The van der Waals surface area contributed by atoms with Gasteiger partial charge in [0.05, 0.1) is 5.02 Å². The maximum Gasteiger partial charge on any atom is 0.287 e. The van der Waals surface area contributed by atoms with E-state index in [2.05, 4.69) is 37.9 Å². The van der Waals surface area contributed by atoms with E-state index < -0.39 is 17.5 Å². The molecule has 1 aromatic carbocycles. The third-order valence-electron chi connectivity index (χ3n) is 4.17. The molecular weight excluding hydrogens is 343 g/mol. The molecule has 0 radical (unpaired) electrons. The van der Waals surface area contributed by atoms with Crippen LogP contribution in [0, 0.1) is 11.7 Å². The molecule has 1 atom stereocenters. The predicted molar refractivity (Wildman–Crippen MR) is 99.3 cm³/mol. The van der Waals surface area contributed by atoms with Crippen LogP contribution in [0.3, 0.4) is 0 Å². The van der Waals surface area contributed by atoms with Crippen molar-refractivity contribution in [1.82, 2.24) is 10.2 Å². The lowest BCUT2D eigenvalue weighted by atomic mass is 10.0. The van der Waals surface area contributed by atoms with E-state index in [-0.39, 0.29) is 17.5 Å². The lowest BCUT2D eigenvalue weighted by molar-refractivity contribution is -0.137. The van der Waals surface area contributed by atoms with E-state index in [0.717, 1.165) is 19.5 Å². The van der Waals surface area contributed by atoms with Gasteiger partial charge in [-0.1, -0.05) is 45.4 Å². The number of Topliss-reactive ketones (excluding diaryl/α,β-unsaturated/α-hetero) is 1. The summed E-state index contributed by atoms with van der Waals surface area (Å²) in [6, 6.07) is 4.31. The largest absolute Gasteiger partial charge is 0.348 e. The summed E-state index contributed by atoms with van der Waals surface area (Å²) in [6.45, 7) is 10.7. The zero-order valence-corrected chi connectivity index (χ0v) is 16.2. The predicted octanol–water partition coefficient (Wildman–Crippen LogP) is 3.46. The Balaban J connectivity index is 2.62. The van der Waals surface area contributed by atoms with Gasteiger partial charge in [-0.25, -0.2) is 4.39 Å². The Morgan fingerprint density at radius 1 is 1.24 bits per heavy atom. The molecule has 0 aliphatic carbocycles. The van der Waals surface area contributed by atoms with Crippen molar-refractivity contribution in [2.75, 3.05) is 19.6 Å². The van der Waals surface area contributed by atoms with Gasteiger partial charge in [0.25, 0.3) is 5.91 Å². The van der Waals surface area contributed by atoms with Crippen LogP contribution >= 0.6 is 11.6 Å². The van der Waals surface area contributed by atoms with Crippen molar-refractivity contribution in [3.63, 3.8) is 0 Å². The summed E-state index contributed by atoms with van der Waals surface area (Å²) in [4.78, 5) is 26.4. The summed E-state index contributed by atoms with van der Waals surface area (Å²) in [5.41, 5.74) is 0.435. The fraction of sp³-hybridized carbons (Fsp3) is 0.579. The van der Waals surface area contributed by atoms with Crippen molar-refractivity contribution < 1.29 is 14.0 Å². The van der Waals surface area contributed by atoms with E-state index in [9.17, 15) is 14.0 Å². The first kappa shape index (κ1) is 21.6. The fourth-order valence-electron chi connectivity index (χ4n) is 2.87. The molecular formula is C19H28ClFN2O2. The first-order valence-electron chi connectivity index (χ1n) is 8.77. The number of hydrogen-bond donors (Lipinski definition) is 1. The molecule has 0 fully saturated rings. The summed E-state index contributed by atoms with van der Waals surface area (Å²) in [5, 5.41) is 2.73. The Hall–Kier alpha value is -1.46. The molecule has 0 aromatic heterocycles. The number of nitrogens with zero attached hydrogens (tertiary/aromatic N) is 1. The van der Waals surface area contributed by atoms with E-state index in [4.69, 9.17) is 11.6 Å². The van der Waals surface area contributed by atoms with Crippen LogP contribution in [0.2, 0.25) is 5.02 Å².